The molecule has 4 nitrogen and oxygen atoms in total. The Labute approximate surface area is 101 Å². The van der Waals surface area contributed by atoms with Crippen molar-refractivity contribution in [3.05, 3.63) is 12.4 Å². The van der Waals surface area contributed by atoms with E-state index in [2.05, 4.69) is 31.2 Å². The Kier molecular flexibility index (Phi) is 3.23. The highest BCUT2D eigenvalue weighted by Crippen LogP contribution is 2.30. The lowest BCUT2D eigenvalue weighted by atomic mass is 10.0. The summed E-state index contributed by atoms with van der Waals surface area (Å²) in [5.74, 6) is 1.06. The zero-order valence-corrected chi connectivity index (χ0v) is 10.8. The van der Waals surface area contributed by atoms with Gasteiger partial charge in [0.15, 0.2) is 5.17 Å². The molecule has 0 saturated heterocycles. The highest BCUT2D eigenvalue weighted by Gasteiger charge is 2.28. The number of hydrogen-bond acceptors (Lipinski definition) is 4. The first kappa shape index (κ1) is 11.5. The fourth-order valence-corrected chi connectivity index (χ4v) is 2.69. The zero-order chi connectivity index (χ0) is 11.6. The van der Waals surface area contributed by atoms with Gasteiger partial charge in [0.05, 0.1) is 17.4 Å². The number of thioether (sulfide) groups is 1. The van der Waals surface area contributed by atoms with Crippen molar-refractivity contribution >= 4 is 22.6 Å². The summed E-state index contributed by atoms with van der Waals surface area (Å²) in [5.41, 5.74) is 1.13. The van der Waals surface area contributed by atoms with E-state index in [-0.39, 0.29) is 5.54 Å². The summed E-state index contributed by atoms with van der Waals surface area (Å²) in [6, 6.07) is 0. The molecule has 1 aliphatic rings. The number of anilines is 1. The molecule has 1 aromatic rings. The Morgan fingerprint density at radius 2 is 2.38 bits per heavy atom. The lowest BCUT2D eigenvalue weighted by molar-refractivity contribution is 0.523. The van der Waals surface area contributed by atoms with Gasteiger partial charge in [-0.3, -0.25) is 9.67 Å². The van der Waals surface area contributed by atoms with Crippen LogP contribution < -0.4 is 5.32 Å². The maximum Gasteiger partial charge on any atom is 0.161 e. The molecule has 0 amide bonds. The first-order valence-electron chi connectivity index (χ1n) is 5.67. The molecule has 0 aromatic carbocycles. The van der Waals surface area contributed by atoms with E-state index >= 15 is 0 Å². The lowest BCUT2D eigenvalue weighted by Crippen LogP contribution is -2.20. The second-order valence-corrected chi connectivity index (χ2v) is 5.23. The maximum atomic E-state index is 4.70. The van der Waals surface area contributed by atoms with Crippen LogP contribution in [0.25, 0.3) is 0 Å². The fraction of sp³-hybridized carbons (Fsp3) is 0.636. The molecule has 1 atom stereocenters. The number of aromatic nitrogens is 2. The number of rotatable bonds is 3. The van der Waals surface area contributed by atoms with Gasteiger partial charge in [-0.2, -0.15) is 5.10 Å². The van der Waals surface area contributed by atoms with Crippen LogP contribution in [0.2, 0.25) is 0 Å². The van der Waals surface area contributed by atoms with Gasteiger partial charge in [-0.05, 0) is 20.3 Å². The molecular weight excluding hydrogens is 220 g/mol. The van der Waals surface area contributed by atoms with E-state index < -0.39 is 0 Å². The summed E-state index contributed by atoms with van der Waals surface area (Å²) < 4.78 is 1.90. The topological polar surface area (TPSA) is 42.2 Å². The normalized spacial score (nSPS) is 24.6. The standard InChI is InChI=1S/C11H18N4S/c1-4-11(3)8-16-10(14-11)13-9-6-12-15(5-2)7-9/h6-7H,4-5,8H2,1-3H3,(H,13,14). The van der Waals surface area contributed by atoms with Gasteiger partial charge < -0.3 is 5.32 Å². The van der Waals surface area contributed by atoms with Crippen LogP contribution in [0, 0.1) is 0 Å². The summed E-state index contributed by atoms with van der Waals surface area (Å²) in [6.45, 7) is 7.35. The molecular formula is C11H18N4S. The Morgan fingerprint density at radius 1 is 1.56 bits per heavy atom. The molecule has 88 valence electrons. The molecule has 2 rings (SSSR count). The molecule has 1 unspecified atom stereocenters. The van der Waals surface area contributed by atoms with E-state index in [4.69, 9.17) is 4.99 Å². The third-order valence-corrected chi connectivity index (χ3v) is 4.09. The quantitative estimate of drug-likeness (QED) is 0.880. The SMILES string of the molecule is CCn1cc(NC2=NC(C)(CC)CS2)cn1. The number of aryl methyl sites for hydroxylation is 1. The van der Waals surface area contributed by atoms with Crippen LogP contribution in [0.3, 0.4) is 0 Å². The second kappa shape index (κ2) is 4.49. The molecule has 0 saturated carbocycles. The highest BCUT2D eigenvalue weighted by atomic mass is 32.2. The molecule has 0 fully saturated rings. The van der Waals surface area contributed by atoms with Crippen LogP contribution in [0.1, 0.15) is 27.2 Å². The number of nitrogens with zero attached hydrogens (tertiary/aromatic N) is 3. The Morgan fingerprint density at radius 3 is 2.94 bits per heavy atom. The van der Waals surface area contributed by atoms with Crippen molar-refractivity contribution in [3.8, 4) is 0 Å². The minimum atomic E-state index is 0.105. The van der Waals surface area contributed by atoms with E-state index in [0.29, 0.717) is 0 Å². The molecule has 0 radical (unpaired) electrons. The van der Waals surface area contributed by atoms with Crippen molar-refractivity contribution in [2.75, 3.05) is 11.1 Å². The molecule has 1 aromatic heterocycles. The van der Waals surface area contributed by atoms with Crippen LogP contribution >= 0.6 is 11.8 Å². The minimum Gasteiger partial charge on any atom is -0.332 e. The van der Waals surface area contributed by atoms with E-state index in [1.807, 2.05) is 17.1 Å². The number of hydrogen-bond donors (Lipinski definition) is 1. The predicted molar refractivity (Wildman–Crippen MR) is 70.1 cm³/mol. The molecule has 1 aliphatic heterocycles. The first-order valence-corrected chi connectivity index (χ1v) is 6.66. The number of aliphatic imine (C=N–C) groups is 1. The molecule has 0 bridgehead atoms. The van der Waals surface area contributed by atoms with Crippen LogP contribution in [0.15, 0.2) is 17.4 Å². The van der Waals surface area contributed by atoms with Crippen LogP contribution in [0.4, 0.5) is 5.69 Å². The lowest BCUT2D eigenvalue weighted by Gasteiger charge is -2.15. The van der Waals surface area contributed by atoms with Gasteiger partial charge in [0.1, 0.15) is 0 Å². The maximum absolute atomic E-state index is 4.70. The number of amidine groups is 1. The van der Waals surface area contributed by atoms with Gasteiger partial charge in [0.2, 0.25) is 0 Å². The molecule has 0 aliphatic carbocycles. The molecule has 1 N–H and O–H groups in total. The van der Waals surface area contributed by atoms with E-state index in [9.17, 15) is 0 Å². The summed E-state index contributed by atoms with van der Waals surface area (Å²) in [4.78, 5) is 4.70. The van der Waals surface area contributed by atoms with Crippen molar-refractivity contribution in [1.29, 1.82) is 0 Å². The average Bonchev–Trinajstić information content (AvgIpc) is 2.87. The first-order chi connectivity index (χ1) is 7.65. The average molecular weight is 238 g/mol. The van der Waals surface area contributed by atoms with Gasteiger partial charge in [-0.15, -0.1) is 0 Å². The van der Waals surface area contributed by atoms with Crippen LogP contribution in [-0.4, -0.2) is 26.2 Å². The van der Waals surface area contributed by atoms with E-state index in [0.717, 1.165) is 29.6 Å². The monoisotopic (exact) mass is 238 g/mol. The second-order valence-electron chi connectivity index (χ2n) is 4.27. The summed E-state index contributed by atoms with van der Waals surface area (Å²) in [6.07, 6.45) is 4.93. The molecule has 16 heavy (non-hydrogen) atoms. The summed E-state index contributed by atoms with van der Waals surface area (Å²) >= 11 is 1.79. The Bertz CT molecular complexity index is 398. The van der Waals surface area contributed by atoms with E-state index in [1.165, 1.54) is 0 Å². The van der Waals surface area contributed by atoms with Crippen molar-refractivity contribution in [2.24, 2.45) is 4.99 Å². The molecule has 5 heteroatoms. The van der Waals surface area contributed by atoms with Crippen molar-refractivity contribution in [1.82, 2.24) is 9.78 Å². The smallest absolute Gasteiger partial charge is 0.161 e. The van der Waals surface area contributed by atoms with Gasteiger partial charge >= 0.3 is 0 Å². The summed E-state index contributed by atoms with van der Waals surface area (Å²) in [7, 11) is 0. The Hall–Kier alpha value is -0.970. The minimum absolute atomic E-state index is 0.105. The predicted octanol–water partition coefficient (Wildman–Crippen LogP) is 2.59. The Balaban J connectivity index is 2.03. The van der Waals surface area contributed by atoms with Gasteiger partial charge in [0, 0.05) is 18.5 Å². The van der Waals surface area contributed by atoms with E-state index in [1.54, 1.807) is 11.8 Å². The van der Waals surface area contributed by atoms with Crippen molar-refractivity contribution in [2.45, 2.75) is 39.3 Å². The van der Waals surface area contributed by atoms with Gasteiger partial charge in [0.25, 0.3) is 0 Å². The molecule has 2 heterocycles. The zero-order valence-electron chi connectivity index (χ0n) is 10.0. The summed E-state index contributed by atoms with van der Waals surface area (Å²) in [5, 5.41) is 8.55. The highest BCUT2D eigenvalue weighted by molar-refractivity contribution is 8.14. The van der Waals surface area contributed by atoms with Crippen LogP contribution in [-0.2, 0) is 6.54 Å². The third-order valence-electron chi connectivity index (χ3n) is 2.86. The van der Waals surface area contributed by atoms with Crippen LogP contribution in [0.5, 0.6) is 0 Å². The van der Waals surface area contributed by atoms with Gasteiger partial charge in [-0.1, -0.05) is 18.7 Å². The molecule has 0 spiro atoms. The largest absolute Gasteiger partial charge is 0.332 e. The fourth-order valence-electron chi connectivity index (χ4n) is 1.50. The third kappa shape index (κ3) is 2.40. The van der Waals surface area contributed by atoms with Gasteiger partial charge in [-0.25, -0.2) is 0 Å². The van der Waals surface area contributed by atoms with Crippen molar-refractivity contribution < 1.29 is 0 Å². The van der Waals surface area contributed by atoms with Crippen molar-refractivity contribution in [3.63, 3.8) is 0 Å². The number of nitrogens with one attached hydrogen (secondary N) is 1.